The summed E-state index contributed by atoms with van der Waals surface area (Å²) in [7, 11) is 0. The van der Waals surface area contributed by atoms with Gasteiger partial charge in [-0.15, -0.1) is 0 Å². The van der Waals surface area contributed by atoms with Crippen molar-refractivity contribution < 1.29 is 9.72 Å². The number of nitro benzene ring substituents is 1. The van der Waals surface area contributed by atoms with Crippen LogP contribution in [0.2, 0.25) is 0 Å². The van der Waals surface area contributed by atoms with E-state index in [1.165, 1.54) is 24.3 Å². The highest BCUT2D eigenvalue weighted by atomic mass is 80.0. The fourth-order valence-electron chi connectivity index (χ4n) is 0.898. The van der Waals surface area contributed by atoms with Crippen molar-refractivity contribution in [1.82, 2.24) is 0 Å². The molecule has 80 valence electrons. The molecule has 1 rings (SSSR count). The monoisotopic (exact) mass is 399 g/mol. The van der Waals surface area contributed by atoms with Crippen LogP contribution in [0.25, 0.3) is 0 Å². The summed E-state index contributed by atoms with van der Waals surface area (Å²) in [5.41, 5.74) is 0.321. The fraction of sp³-hybridized carbons (Fsp3) is 0.125. The Balaban J connectivity index is 3.00. The summed E-state index contributed by atoms with van der Waals surface area (Å²) < 4.78 is -1.02. The van der Waals surface area contributed by atoms with Crippen LogP contribution in [0.5, 0.6) is 0 Å². The largest absolute Gasteiger partial charge is 0.291 e. The summed E-state index contributed by atoms with van der Waals surface area (Å²) in [4.78, 5) is 21.5. The van der Waals surface area contributed by atoms with Gasteiger partial charge in [-0.05, 0) is 12.1 Å². The van der Waals surface area contributed by atoms with Crippen molar-refractivity contribution in [2.24, 2.45) is 0 Å². The van der Waals surface area contributed by atoms with Crippen molar-refractivity contribution in [3.8, 4) is 0 Å². The zero-order valence-electron chi connectivity index (χ0n) is 7.12. The van der Waals surface area contributed by atoms with Crippen LogP contribution in [0.3, 0.4) is 0 Å². The van der Waals surface area contributed by atoms with Crippen molar-refractivity contribution in [3.05, 3.63) is 39.9 Å². The molecular weight excluding hydrogens is 398 g/mol. The highest BCUT2D eigenvalue weighted by Gasteiger charge is 2.29. The number of benzene rings is 1. The Hall–Kier alpha value is -0.270. The van der Waals surface area contributed by atoms with E-state index in [4.69, 9.17) is 0 Å². The summed E-state index contributed by atoms with van der Waals surface area (Å²) in [5.74, 6) is -0.266. The van der Waals surface area contributed by atoms with Crippen molar-refractivity contribution in [2.45, 2.75) is 2.14 Å². The molecule has 0 heterocycles. The summed E-state index contributed by atoms with van der Waals surface area (Å²) >= 11 is 9.23. The molecular formula is C8H4Br3NO3. The number of hydrogen-bond donors (Lipinski definition) is 0. The predicted molar refractivity (Wildman–Crippen MR) is 66.9 cm³/mol. The van der Waals surface area contributed by atoms with E-state index in [9.17, 15) is 14.9 Å². The lowest BCUT2D eigenvalue weighted by atomic mass is 10.1. The van der Waals surface area contributed by atoms with Crippen LogP contribution in [0, 0.1) is 10.1 Å². The maximum absolute atomic E-state index is 11.6. The van der Waals surface area contributed by atoms with E-state index < -0.39 is 7.07 Å². The van der Waals surface area contributed by atoms with Crippen LogP contribution in [-0.4, -0.2) is 12.8 Å². The summed E-state index contributed by atoms with van der Waals surface area (Å²) in [5, 5.41) is 10.4. The molecule has 0 radical (unpaired) electrons. The van der Waals surface area contributed by atoms with Gasteiger partial charge in [0.1, 0.15) is 0 Å². The second kappa shape index (κ2) is 4.71. The molecule has 15 heavy (non-hydrogen) atoms. The molecule has 0 spiro atoms. The van der Waals surface area contributed by atoms with Gasteiger partial charge in [-0.25, -0.2) is 0 Å². The molecule has 1 aromatic rings. The van der Waals surface area contributed by atoms with Crippen LogP contribution >= 0.6 is 47.8 Å². The lowest BCUT2D eigenvalue weighted by molar-refractivity contribution is -0.384. The van der Waals surface area contributed by atoms with Gasteiger partial charge in [-0.1, -0.05) is 47.8 Å². The quantitative estimate of drug-likeness (QED) is 0.329. The topological polar surface area (TPSA) is 60.2 Å². The molecule has 0 unspecified atom stereocenters. The minimum absolute atomic E-state index is 0.0455. The van der Waals surface area contributed by atoms with Crippen LogP contribution < -0.4 is 0 Å². The van der Waals surface area contributed by atoms with Crippen LogP contribution in [-0.2, 0) is 0 Å². The Morgan fingerprint density at radius 3 is 2.00 bits per heavy atom. The van der Waals surface area contributed by atoms with Gasteiger partial charge in [0.25, 0.3) is 5.69 Å². The first kappa shape index (κ1) is 12.8. The lowest BCUT2D eigenvalue weighted by Crippen LogP contribution is -2.16. The molecule has 0 aliphatic heterocycles. The number of rotatable bonds is 2. The smallest absolute Gasteiger partial charge is 0.269 e. The Bertz CT molecular complexity index is 397. The first-order valence-corrected chi connectivity index (χ1v) is 6.06. The number of carbonyl (C=O) groups excluding carboxylic acids is 1. The van der Waals surface area contributed by atoms with Gasteiger partial charge in [0.05, 0.1) is 4.92 Å². The minimum Gasteiger partial charge on any atom is -0.291 e. The van der Waals surface area contributed by atoms with E-state index >= 15 is 0 Å². The van der Waals surface area contributed by atoms with Crippen molar-refractivity contribution in [2.75, 3.05) is 0 Å². The van der Waals surface area contributed by atoms with E-state index in [1.807, 2.05) is 0 Å². The number of non-ortho nitro benzene ring substituents is 1. The second-order valence-electron chi connectivity index (χ2n) is 2.63. The van der Waals surface area contributed by atoms with Gasteiger partial charge < -0.3 is 0 Å². The number of nitro groups is 1. The molecule has 4 nitrogen and oxygen atoms in total. The Labute approximate surface area is 111 Å². The summed E-state index contributed by atoms with van der Waals surface area (Å²) in [6.07, 6.45) is 0. The van der Waals surface area contributed by atoms with Crippen molar-refractivity contribution in [1.29, 1.82) is 0 Å². The van der Waals surface area contributed by atoms with Gasteiger partial charge in [0, 0.05) is 17.7 Å². The zero-order chi connectivity index (χ0) is 11.6. The highest BCUT2D eigenvalue weighted by molar-refractivity contribution is 9.40. The lowest BCUT2D eigenvalue weighted by Gasteiger charge is -2.09. The summed E-state index contributed by atoms with van der Waals surface area (Å²) in [6.45, 7) is 0. The van der Waals surface area contributed by atoms with Gasteiger partial charge in [0.15, 0.2) is 2.14 Å². The second-order valence-corrected chi connectivity index (χ2v) is 9.39. The number of hydrogen-bond acceptors (Lipinski definition) is 3. The van der Waals surface area contributed by atoms with Crippen LogP contribution in [0.15, 0.2) is 24.3 Å². The number of alkyl halides is 3. The Morgan fingerprint density at radius 2 is 1.67 bits per heavy atom. The van der Waals surface area contributed by atoms with Gasteiger partial charge in [-0.2, -0.15) is 0 Å². The maximum atomic E-state index is 11.6. The number of ketones is 1. The molecule has 0 N–H and O–H groups in total. The SMILES string of the molecule is O=C(c1ccc([N+](=O)[O-])cc1)C(Br)(Br)Br. The normalized spacial score (nSPS) is 11.1. The third-order valence-electron chi connectivity index (χ3n) is 1.60. The molecule has 1 aromatic carbocycles. The standard InChI is InChI=1S/C8H4Br3NO3/c9-8(10,11)7(13)5-1-3-6(4-2-5)12(14)15/h1-4H. The molecule has 0 aliphatic rings. The molecule has 0 amide bonds. The van der Waals surface area contributed by atoms with Gasteiger partial charge >= 0.3 is 0 Å². The van der Waals surface area contributed by atoms with E-state index in [1.54, 1.807) is 0 Å². The Morgan fingerprint density at radius 1 is 1.20 bits per heavy atom. The third-order valence-corrected chi connectivity index (χ3v) is 2.68. The average molecular weight is 402 g/mol. The van der Waals surface area contributed by atoms with Crippen LogP contribution in [0.4, 0.5) is 5.69 Å². The molecule has 0 aliphatic carbocycles. The van der Waals surface area contributed by atoms with Gasteiger partial charge in [-0.3, -0.25) is 14.9 Å². The van der Waals surface area contributed by atoms with E-state index in [-0.39, 0.29) is 11.5 Å². The maximum Gasteiger partial charge on any atom is 0.269 e. The molecule has 0 saturated carbocycles. The summed E-state index contributed by atoms with van der Waals surface area (Å²) in [6, 6.07) is 5.37. The van der Waals surface area contributed by atoms with E-state index in [0.29, 0.717) is 5.56 Å². The first-order chi connectivity index (χ1) is 6.82. The average Bonchev–Trinajstić information content (AvgIpc) is 2.15. The molecule has 0 atom stereocenters. The molecule has 7 heteroatoms. The molecule has 0 bridgehead atoms. The number of halogens is 3. The number of nitrogens with zero attached hydrogens (tertiary/aromatic N) is 1. The number of carbonyl (C=O) groups is 1. The van der Waals surface area contributed by atoms with E-state index in [2.05, 4.69) is 47.8 Å². The first-order valence-electron chi connectivity index (χ1n) is 3.68. The molecule has 0 aromatic heterocycles. The predicted octanol–water partition coefficient (Wildman–Crippen LogP) is 3.62. The highest BCUT2D eigenvalue weighted by Crippen LogP contribution is 2.37. The third kappa shape index (κ3) is 3.35. The van der Waals surface area contributed by atoms with Crippen molar-refractivity contribution >= 4 is 59.3 Å². The van der Waals surface area contributed by atoms with Crippen LogP contribution in [0.1, 0.15) is 10.4 Å². The minimum atomic E-state index is -1.02. The fourth-order valence-corrected chi connectivity index (χ4v) is 1.58. The van der Waals surface area contributed by atoms with Gasteiger partial charge in [0.2, 0.25) is 5.78 Å². The molecule has 0 saturated heterocycles. The Kier molecular flexibility index (Phi) is 4.02. The number of Topliss-reactive ketones (excluding diaryl/α,β-unsaturated/α-hetero) is 1. The zero-order valence-corrected chi connectivity index (χ0v) is 11.9. The van der Waals surface area contributed by atoms with E-state index in [0.717, 1.165) is 0 Å². The molecule has 0 fully saturated rings. The van der Waals surface area contributed by atoms with Crippen molar-refractivity contribution in [3.63, 3.8) is 0 Å².